The molecule has 0 saturated heterocycles. The number of hydrogen-bond acceptors (Lipinski definition) is 2. The van der Waals surface area contributed by atoms with Gasteiger partial charge in [-0.15, -0.1) is 11.8 Å². The first-order valence-electron chi connectivity index (χ1n) is 7.41. The maximum absolute atomic E-state index is 13.6. The standard InChI is InChI=1S/C16H24FNS/c1-2-7-18-11-14-8-15(17)10-16(9-14)19-12-13-5-3-4-6-13/h8-10,13,18H,2-7,11-12H2,1H3. The van der Waals surface area contributed by atoms with Gasteiger partial charge in [0, 0.05) is 17.2 Å². The van der Waals surface area contributed by atoms with E-state index < -0.39 is 0 Å². The van der Waals surface area contributed by atoms with E-state index in [0.717, 1.165) is 41.6 Å². The zero-order valence-electron chi connectivity index (χ0n) is 11.8. The fourth-order valence-corrected chi connectivity index (χ4v) is 3.80. The average molecular weight is 281 g/mol. The Bertz CT molecular complexity index is 388. The molecule has 0 unspecified atom stereocenters. The zero-order chi connectivity index (χ0) is 13.5. The number of thioether (sulfide) groups is 1. The maximum atomic E-state index is 13.6. The van der Waals surface area contributed by atoms with Crippen molar-refractivity contribution in [3.05, 3.63) is 29.6 Å². The summed E-state index contributed by atoms with van der Waals surface area (Å²) in [6, 6.07) is 5.44. The monoisotopic (exact) mass is 281 g/mol. The minimum Gasteiger partial charge on any atom is -0.313 e. The lowest BCUT2D eigenvalue weighted by molar-refractivity contribution is 0.613. The molecule has 1 aliphatic rings. The Morgan fingerprint density at radius 1 is 1.26 bits per heavy atom. The van der Waals surface area contributed by atoms with E-state index in [4.69, 9.17) is 0 Å². The molecule has 1 aromatic carbocycles. The summed E-state index contributed by atoms with van der Waals surface area (Å²) in [6.45, 7) is 3.89. The fraction of sp³-hybridized carbons (Fsp3) is 0.625. The van der Waals surface area contributed by atoms with Gasteiger partial charge in [-0.1, -0.05) is 19.8 Å². The van der Waals surface area contributed by atoms with Crippen LogP contribution in [0.15, 0.2) is 23.1 Å². The van der Waals surface area contributed by atoms with Crippen LogP contribution in [0.5, 0.6) is 0 Å². The second-order valence-corrected chi connectivity index (χ2v) is 6.53. The quantitative estimate of drug-likeness (QED) is 0.578. The predicted octanol–water partition coefficient (Wildman–Crippen LogP) is 4.61. The van der Waals surface area contributed by atoms with E-state index in [1.165, 1.54) is 25.7 Å². The van der Waals surface area contributed by atoms with Crippen molar-refractivity contribution in [1.29, 1.82) is 0 Å². The van der Waals surface area contributed by atoms with Gasteiger partial charge < -0.3 is 5.32 Å². The van der Waals surface area contributed by atoms with Crippen LogP contribution in [-0.2, 0) is 6.54 Å². The number of rotatable bonds is 7. The van der Waals surface area contributed by atoms with Crippen molar-refractivity contribution < 1.29 is 4.39 Å². The normalized spacial score (nSPS) is 16.1. The Morgan fingerprint density at radius 2 is 2.05 bits per heavy atom. The van der Waals surface area contributed by atoms with Crippen LogP contribution in [-0.4, -0.2) is 12.3 Å². The van der Waals surface area contributed by atoms with Crippen molar-refractivity contribution in [2.75, 3.05) is 12.3 Å². The molecular formula is C16H24FNS. The first kappa shape index (κ1) is 14.9. The van der Waals surface area contributed by atoms with Gasteiger partial charge in [-0.25, -0.2) is 4.39 Å². The van der Waals surface area contributed by atoms with Gasteiger partial charge in [0.05, 0.1) is 0 Å². The van der Waals surface area contributed by atoms with E-state index in [1.807, 2.05) is 11.8 Å². The second-order valence-electron chi connectivity index (χ2n) is 5.43. The van der Waals surface area contributed by atoms with Crippen molar-refractivity contribution in [1.82, 2.24) is 5.32 Å². The van der Waals surface area contributed by atoms with Crippen LogP contribution in [0.25, 0.3) is 0 Å². The van der Waals surface area contributed by atoms with E-state index in [1.54, 1.807) is 12.1 Å². The summed E-state index contributed by atoms with van der Waals surface area (Å²) >= 11 is 1.82. The van der Waals surface area contributed by atoms with Crippen molar-refractivity contribution in [3.8, 4) is 0 Å². The molecule has 19 heavy (non-hydrogen) atoms. The van der Waals surface area contributed by atoms with Gasteiger partial charge >= 0.3 is 0 Å². The van der Waals surface area contributed by atoms with Crippen LogP contribution >= 0.6 is 11.8 Å². The van der Waals surface area contributed by atoms with Crippen LogP contribution in [0.2, 0.25) is 0 Å². The highest BCUT2D eigenvalue weighted by atomic mass is 32.2. The number of nitrogens with one attached hydrogen (secondary N) is 1. The molecule has 2 rings (SSSR count). The number of benzene rings is 1. The number of halogens is 1. The van der Waals surface area contributed by atoms with Crippen molar-refractivity contribution in [2.45, 2.75) is 50.5 Å². The maximum Gasteiger partial charge on any atom is 0.124 e. The Kier molecular flexibility index (Phi) is 6.18. The first-order valence-corrected chi connectivity index (χ1v) is 8.39. The summed E-state index contributed by atoms with van der Waals surface area (Å²) < 4.78 is 13.6. The SMILES string of the molecule is CCCNCc1cc(F)cc(SCC2CCCC2)c1. The summed E-state index contributed by atoms with van der Waals surface area (Å²) in [5.41, 5.74) is 1.06. The largest absolute Gasteiger partial charge is 0.313 e. The summed E-state index contributed by atoms with van der Waals surface area (Å²) in [4.78, 5) is 1.08. The van der Waals surface area contributed by atoms with Gasteiger partial charge in [-0.05, 0) is 55.5 Å². The topological polar surface area (TPSA) is 12.0 Å². The third kappa shape index (κ3) is 5.15. The third-order valence-corrected chi connectivity index (χ3v) is 4.85. The molecule has 106 valence electrons. The van der Waals surface area contributed by atoms with Crippen molar-refractivity contribution in [3.63, 3.8) is 0 Å². The molecule has 0 bridgehead atoms. The second kappa shape index (κ2) is 7.91. The molecule has 0 amide bonds. The summed E-state index contributed by atoms with van der Waals surface area (Å²) in [6.07, 6.45) is 6.57. The Hall–Kier alpha value is -0.540. The van der Waals surface area contributed by atoms with E-state index in [-0.39, 0.29) is 5.82 Å². The Morgan fingerprint density at radius 3 is 2.79 bits per heavy atom. The molecule has 1 N–H and O–H groups in total. The highest BCUT2D eigenvalue weighted by molar-refractivity contribution is 7.99. The molecule has 1 fully saturated rings. The number of hydrogen-bond donors (Lipinski definition) is 1. The summed E-state index contributed by atoms with van der Waals surface area (Å²) in [5.74, 6) is 1.88. The lowest BCUT2D eigenvalue weighted by Gasteiger charge is -2.10. The molecule has 0 aromatic heterocycles. The molecule has 1 nitrogen and oxygen atoms in total. The van der Waals surface area contributed by atoms with Gasteiger partial charge in [0.1, 0.15) is 5.82 Å². The molecule has 0 radical (unpaired) electrons. The average Bonchev–Trinajstić information content (AvgIpc) is 2.89. The highest BCUT2D eigenvalue weighted by Gasteiger charge is 2.15. The first-order chi connectivity index (χ1) is 9.28. The molecule has 1 aliphatic carbocycles. The molecular weight excluding hydrogens is 257 g/mol. The molecule has 3 heteroatoms. The Balaban J connectivity index is 1.87. The molecule has 0 aliphatic heterocycles. The van der Waals surface area contributed by atoms with Crippen LogP contribution in [0.4, 0.5) is 4.39 Å². The van der Waals surface area contributed by atoms with Gasteiger partial charge in [0.2, 0.25) is 0 Å². The predicted molar refractivity (Wildman–Crippen MR) is 81.1 cm³/mol. The van der Waals surface area contributed by atoms with Gasteiger partial charge in [0.25, 0.3) is 0 Å². The molecule has 1 aromatic rings. The van der Waals surface area contributed by atoms with E-state index >= 15 is 0 Å². The van der Waals surface area contributed by atoms with Crippen LogP contribution in [0.3, 0.4) is 0 Å². The van der Waals surface area contributed by atoms with E-state index in [9.17, 15) is 4.39 Å². The molecule has 1 saturated carbocycles. The van der Waals surface area contributed by atoms with E-state index in [2.05, 4.69) is 18.3 Å². The Labute approximate surface area is 120 Å². The molecule has 0 atom stereocenters. The molecule has 0 heterocycles. The van der Waals surface area contributed by atoms with Crippen LogP contribution < -0.4 is 5.32 Å². The fourth-order valence-electron chi connectivity index (χ4n) is 2.61. The third-order valence-electron chi connectivity index (χ3n) is 3.65. The smallest absolute Gasteiger partial charge is 0.124 e. The van der Waals surface area contributed by atoms with Gasteiger partial charge in [-0.3, -0.25) is 0 Å². The van der Waals surface area contributed by atoms with Gasteiger partial charge in [0.15, 0.2) is 0 Å². The van der Waals surface area contributed by atoms with Crippen LogP contribution in [0, 0.1) is 11.7 Å². The zero-order valence-corrected chi connectivity index (χ0v) is 12.6. The van der Waals surface area contributed by atoms with Crippen molar-refractivity contribution in [2.24, 2.45) is 5.92 Å². The lowest BCUT2D eigenvalue weighted by atomic mass is 10.1. The highest BCUT2D eigenvalue weighted by Crippen LogP contribution is 2.31. The van der Waals surface area contributed by atoms with Crippen LogP contribution in [0.1, 0.15) is 44.6 Å². The molecule has 0 spiro atoms. The van der Waals surface area contributed by atoms with Gasteiger partial charge in [-0.2, -0.15) is 0 Å². The van der Waals surface area contributed by atoms with Crippen molar-refractivity contribution >= 4 is 11.8 Å². The lowest BCUT2D eigenvalue weighted by Crippen LogP contribution is -2.13. The van der Waals surface area contributed by atoms with E-state index in [0.29, 0.717) is 0 Å². The minimum absolute atomic E-state index is 0.107. The summed E-state index contributed by atoms with van der Waals surface area (Å²) in [7, 11) is 0. The summed E-state index contributed by atoms with van der Waals surface area (Å²) in [5, 5.41) is 3.33. The minimum atomic E-state index is -0.107.